The van der Waals surface area contributed by atoms with E-state index in [1.165, 1.54) is 14.0 Å². The lowest BCUT2D eigenvalue weighted by Gasteiger charge is -2.47. The number of likely N-dealkylation sites (N-methyl/N-ethyl adjacent to an activating group) is 1. The van der Waals surface area contributed by atoms with Crippen molar-refractivity contribution in [3.8, 4) is 0 Å². The summed E-state index contributed by atoms with van der Waals surface area (Å²) in [5.74, 6) is -4.87. The first kappa shape index (κ1) is 44.7. The van der Waals surface area contributed by atoms with Gasteiger partial charge < -0.3 is 43.2 Å². The van der Waals surface area contributed by atoms with Crippen molar-refractivity contribution < 1.29 is 48.0 Å². The summed E-state index contributed by atoms with van der Waals surface area (Å²) in [5.41, 5.74) is -1.72. The Bertz CT molecular complexity index is 1730. The van der Waals surface area contributed by atoms with Crippen LogP contribution in [0.3, 0.4) is 0 Å². The number of ketones is 2. The van der Waals surface area contributed by atoms with Crippen LogP contribution in [0.25, 0.3) is 11.0 Å². The van der Waals surface area contributed by atoms with E-state index in [-0.39, 0.29) is 37.2 Å². The number of hydrogen-bond acceptors (Lipinski definition) is 12. The number of Topliss-reactive ketones (excluding diaryl/α,β-unsaturated/α-hetero) is 2. The van der Waals surface area contributed by atoms with Crippen molar-refractivity contribution in [2.24, 2.45) is 23.7 Å². The number of amides is 1. The number of pyridine rings is 1. The molecule has 0 spiro atoms. The van der Waals surface area contributed by atoms with E-state index in [0.717, 1.165) is 17.5 Å². The van der Waals surface area contributed by atoms with Gasteiger partial charge in [0.1, 0.15) is 29.6 Å². The fourth-order valence-corrected chi connectivity index (χ4v) is 9.76. The molecule has 3 aliphatic rings. The lowest BCUT2D eigenvalue weighted by molar-refractivity contribution is -0.295. The number of methoxy groups -OCH3 is 1. The van der Waals surface area contributed by atoms with E-state index >= 15 is 0 Å². The van der Waals surface area contributed by atoms with Gasteiger partial charge in [0.2, 0.25) is 0 Å². The summed E-state index contributed by atoms with van der Waals surface area (Å²) in [7, 11) is 5.26. The largest absolute Gasteiger partial charge is 0.457 e. The molecular weight excluding hydrogens is 732 g/mol. The minimum atomic E-state index is -1.35. The number of aromatic nitrogens is 2. The second-order valence-electron chi connectivity index (χ2n) is 17.1. The third-order valence-electron chi connectivity index (χ3n) is 13.1. The average Bonchev–Trinajstić information content (AvgIpc) is 3.74. The Kier molecular flexibility index (Phi) is 14.3. The monoisotopic (exact) mass is 798 g/mol. The van der Waals surface area contributed by atoms with E-state index in [4.69, 9.17) is 23.7 Å². The lowest BCUT2D eigenvalue weighted by Crippen LogP contribution is -2.61. The molecule has 2 aromatic heterocycles. The van der Waals surface area contributed by atoms with Gasteiger partial charge in [-0.1, -0.05) is 34.6 Å². The maximum Gasteiger partial charge on any atom is 0.410 e. The van der Waals surface area contributed by atoms with Crippen LogP contribution >= 0.6 is 0 Å². The highest BCUT2D eigenvalue weighted by Gasteiger charge is 2.62. The van der Waals surface area contributed by atoms with E-state index in [2.05, 4.69) is 9.55 Å². The Hall–Kier alpha value is -3.43. The molecule has 1 N–H and O–H groups in total. The van der Waals surface area contributed by atoms with Crippen LogP contribution in [0.15, 0.2) is 30.6 Å². The normalized spacial score (nSPS) is 37.3. The molecule has 3 aliphatic heterocycles. The molecule has 0 saturated carbocycles. The number of esters is 1. The smallest absolute Gasteiger partial charge is 0.410 e. The summed E-state index contributed by atoms with van der Waals surface area (Å²) in [6.45, 7) is 15.2. The molecule has 0 bridgehead atoms. The first-order valence-corrected chi connectivity index (χ1v) is 20.8. The zero-order valence-electron chi connectivity index (χ0n) is 35.8. The van der Waals surface area contributed by atoms with Crippen molar-refractivity contribution in [1.29, 1.82) is 0 Å². The predicted molar refractivity (Wildman–Crippen MR) is 213 cm³/mol. The lowest BCUT2D eigenvalue weighted by atomic mass is 9.72. The number of ether oxygens (including phenoxy) is 5. The molecule has 3 fully saturated rings. The predicted octanol–water partition coefficient (Wildman–Crippen LogP) is 5.41. The van der Waals surface area contributed by atoms with Crippen LogP contribution in [-0.4, -0.2) is 130 Å². The van der Waals surface area contributed by atoms with Gasteiger partial charge in [-0.2, -0.15) is 0 Å². The van der Waals surface area contributed by atoms with E-state index in [1.807, 2.05) is 78.0 Å². The van der Waals surface area contributed by atoms with Crippen molar-refractivity contribution in [3.05, 3.63) is 30.6 Å². The highest BCUT2D eigenvalue weighted by Crippen LogP contribution is 2.45. The summed E-state index contributed by atoms with van der Waals surface area (Å²) in [4.78, 5) is 65.3. The Morgan fingerprint density at radius 2 is 1.70 bits per heavy atom. The molecule has 2 aromatic rings. The van der Waals surface area contributed by atoms with Crippen molar-refractivity contribution in [1.82, 2.24) is 19.4 Å². The number of cyclic esters (lactones) is 1. The molecule has 0 radical (unpaired) electrons. The molecule has 57 heavy (non-hydrogen) atoms. The number of carbonyl (C=O) groups is 4. The molecule has 0 aliphatic carbocycles. The minimum absolute atomic E-state index is 0.131. The SMILES string of the molecule is CC[C@H]1OC(=O)[C@H](C)C(=O)[C@H](C)[C@@H](OC2O[C@H](C)C[C@H](N(C)C)[C@H]2O)[C@](C)(OC)C[C@@H](C)C(=O)[C@H](C)[C@H]2N(CCCCn3ccc4cccnc43)C(=O)O[C@]12CC. The number of carbonyl (C=O) groups excluding carboxylic acids is 4. The number of aliphatic hydroxyl groups is 1. The molecule has 14 nitrogen and oxygen atoms in total. The number of nitrogens with zero attached hydrogens (tertiary/aromatic N) is 4. The molecule has 13 atom stereocenters. The third kappa shape index (κ3) is 8.80. The van der Waals surface area contributed by atoms with Gasteiger partial charge in [0.05, 0.1) is 23.9 Å². The van der Waals surface area contributed by atoms with E-state index in [1.54, 1.807) is 24.9 Å². The summed E-state index contributed by atoms with van der Waals surface area (Å²) in [5, 5.41) is 12.5. The van der Waals surface area contributed by atoms with E-state index in [9.17, 15) is 24.3 Å². The van der Waals surface area contributed by atoms with Gasteiger partial charge in [0.25, 0.3) is 0 Å². The molecule has 14 heteroatoms. The Balaban J connectivity index is 1.49. The molecular formula is C43H66N4O10. The number of aliphatic hydroxyl groups excluding tert-OH is 1. The highest BCUT2D eigenvalue weighted by molar-refractivity contribution is 6.00. The molecule has 5 rings (SSSR count). The van der Waals surface area contributed by atoms with Crippen LogP contribution in [0.2, 0.25) is 0 Å². The fraction of sp³-hybridized carbons (Fsp3) is 0.744. The second kappa shape index (κ2) is 18.2. The maximum absolute atomic E-state index is 14.8. The second-order valence-corrected chi connectivity index (χ2v) is 17.1. The van der Waals surface area contributed by atoms with Crippen molar-refractivity contribution >= 4 is 34.7 Å². The van der Waals surface area contributed by atoms with Gasteiger partial charge in [-0.25, -0.2) is 9.78 Å². The molecule has 3 saturated heterocycles. The standard InChI is InChI=1S/C43H66N4O10/c1-12-32-43(13-2)36(47(41(52)57-43)21-15-14-20-46-22-18-30-17-16-19-44-38(30)46)27(5)33(48)25(3)24-42(8,53-11)37(28(6)34(49)29(7)39(51)55-32)56-40-35(50)31(45(9)10)23-26(4)54-40/h16-19,22,25-29,31-32,35-37,40,50H,12-15,20-21,23-24H2,1-11H3/t25-,26-,27+,28+,29-,31+,32-,35-,36-,37-,40?,42-,43-/m1/s1. The Morgan fingerprint density at radius 1 is 1.00 bits per heavy atom. The Labute approximate surface area is 337 Å². The summed E-state index contributed by atoms with van der Waals surface area (Å²) in [6.07, 6.45) is 1.45. The highest BCUT2D eigenvalue weighted by atomic mass is 16.7. The van der Waals surface area contributed by atoms with Crippen LogP contribution < -0.4 is 0 Å². The van der Waals surface area contributed by atoms with Crippen LogP contribution in [0.4, 0.5) is 4.79 Å². The van der Waals surface area contributed by atoms with Gasteiger partial charge >= 0.3 is 12.1 Å². The zero-order chi connectivity index (χ0) is 42.0. The molecule has 0 aromatic carbocycles. The minimum Gasteiger partial charge on any atom is -0.457 e. The van der Waals surface area contributed by atoms with Crippen LogP contribution in [-0.2, 0) is 44.6 Å². The molecule has 1 amide bonds. The number of rotatable bonds is 11. The Morgan fingerprint density at radius 3 is 2.35 bits per heavy atom. The quantitative estimate of drug-likeness (QED) is 0.175. The zero-order valence-corrected chi connectivity index (χ0v) is 35.8. The molecule has 1 unspecified atom stereocenters. The topological polar surface area (TPSA) is 159 Å². The fourth-order valence-electron chi connectivity index (χ4n) is 9.76. The summed E-state index contributed by atoms with van der Waals surface area (Å²) >= 11 is 0. The average molecular weight is 799 g/mol. The number of hydrogen-bond donors (Lipinski definition) is 1. The van der Waals surface area contributed by atoms with E-state index in [0.29, 0.717) is 25.9 Å². The van der Waals surface area contributed by atoms with Crippen molar-refractivity contribution in [3.63, 3.8) is 0 Å². The first-order valence-electron chi connectivity index (χ1n) is 20.8. The number of fused-ring (bicyclic) bond motifs is 2. The van der Waals surface area contributed by atoms with Crippen molar-refractivity contribution in [2.75, 3.05) is 27.7 Å². The maximum atomic E-state index is 14.8. The van der Waals surface area contributed by atoms with Crippen LogP contribution in [0, 0.1) is 23.7 Å². The van der Waals surface area contributed by atoms with Gasteiger partial charge in [-0.05, 0) is 91.6 Å². The molecule has 318 valence electrons. The van der Waals surface area contributed by atoms with Gasteiger partial charge in [0, 0.05) is 61.8 Å². The van der Waals surface area contributed by atoms with Gasteiger partial charge in [-0.3, -0.25) is 14.4 Å². The van der Waals surface area contributed by atoms with Crippen LogP contribution in [0.5, 0.6) is 0 Å². The number of unbranched alkanes of at least 4 members (excludes halogenated alkanes) is 1. The van der Waals surface area contributed by atoms with Crippen molar-refractivity contribution in [2.45, 2.75) is 154 Å². The summed E-state index contributed by atoms with van der Waals surface area (Å²) < 4.78 is 33.6. The van der Waals surface area contributed by atoms with E-state index < -0.39 is 83.4 Å². The first-order chi connectivity index (χ1) is 26.9. The van der Waals surface area contributed by atoms with Gasteiger partial charge in [-0.15, -0.1) is 0 Å². The summed E-state index contributed by atoms with van der Waals surface area (Å²) in [6, 6.07) is 4.91. The molecule has 5 heterocycles. The van der Waals surface area contributed by atoms with Crippen LogP contribution in [0.1, 0.15) is 93.9 Å². The number of aryl methyl sites for hydroxylation is 1. The third-order valence-corrected chi connectivity index (χ3v) is 13.1. The van der Waals surface area contributed by atoms with Gasteiger partial charge in [0.15, 0.2) is 17.7 Å².